The summed E-state index contributed by atoms with van der Waals surface area (Å²) < 4.78 is 25.8. The lowest BCUT2D eigenvalue weighted by Crippen LogP contribution is -2.47. The average Bonchev–Trinajstić information content (AvgIpc) is 3.24. The maximum absolute atomic E-state index is 12.9. The van der Waals surface area contributed by atoms with Gasteiger partial charge in [-0.05, 0) is 39.5 Å². The third-order valence-corrected chi connectivity index (χ3v) is 7.71. The van der Waals surface area contributed by atoms with Gasteiger partial charge in [-0.1, -0.05) is 18.7 Å². The summed E-state index contributed by atoms with van der Waals surface area (Å²) in [4.78, 5) is 14.7. The van der Waals surface area contributed by atoms with Gasteiger partial charge in [-0.3, -0.25) is 4.79 Å². The Morgan fingerprint density at radius 1 is 1.36 bits per heavy atom. The van der Waals surface area contributed by atoms with Crippen LogP contribution in [0.5, 0.6) is 0 Å². The number of rotatable bonds is 7. The predicted molar refractivity (Wildman–Crippen MR) is 97.4 cm³/mol. The number of aryl methyl sites for hydroxylation is 1. The van der Waals surface area contributed by atoms with Crippen LogP contribution in [0.15, 0.2) is 5.16 Å². The molecule has 1 aliphatic carbocycles. The number of sulfone groups is 1. The highest BCUT2D eigenvalue weighted by molar-refractivity contribution is 7.99. The van der Waals surface area contributed by atoms with E-state index in [9.17, 15) is 13.2 Å². The van der Waals surface area contributed by atoms with Gasteiger partial charge in [-0.15, -0.1) is 10.2 Å². The fourth-order valence-corrected chi connectivity index (χ4v) is 6.03. The third kappa shape index (κ3) is 4.19. The SMILES string of the molecule is CC[C@@H](C)N(C(=O)CSc1nnc(C)n1C1CC1)[C@H]1CCS(=O)(=O)C1. The molecule has 0 aromatic carbocycles. The Labute approximate surface area is 153 Å². The van der Waals surface area contributed by atoms with Crippen LogP contribution in [0.1, 0.15) is 51.4 Å². The van der Waals surface area contributed by atoms with Gasteiger partial charge in [0, 0.05) is 18.1 Å². The van der Waals surface area contributed by atoms with Crippen LogP contribution in [0.2, 0.25) is 0 Å². The molecule has 2 heterocycles. The first-order valence-corrected chi connectivity index (χ1v) is 11.7. The Bertz CT molecular complexity index is 743. The smallest absolute Gasteiger partial charge is 0.233 e. The summed E-state index contributed by atoms with van der Waals surface area (Å²) in [5.74, 6) is 1.42. The van der Waals surface area contributed by atoms with Gasteiger partial charge in [-0.25, -0.2) is 8.42 Å². The largest absolute Gasteiger partial charge is 0.335 e. The monoisotopic (exact) mass is 386 g/mol. The molecule has 1 amide bonds. The van der Waals surface area contributed by atoms with Gasteiger partial charge in [-0.2, -0.15) is 0 Å². The normalized spacial score (nSPS) is 23.6. The molecule has 7 nitrogen and oxygen atoms in total. The van der Waals surface area contributed by atoms with E-state index in [4.69, 9.17) is 0 Å². The van der Waals surface area contributed by atoms with Crippen molar-refractivity contribution in [3.8, 4) is 0 Å². The Morgan fingerprint density at radius 2 is 2.08 bits per heavy atom. The second-order valence-electron chi connectivity index (χ2n) is 7.03. The molecule has 2 fully saturated rings. The summed E-state index contributed by atoms with van der Waals surface area (Å²) in [7, 11) is -3.02. The van der Waals surface area contributed by atoms with Crippen LogP contribution in [-0.4, -0.2) is 63.3 Å². The van der Waals surface area contributed by atoms with Crippen molar-refractivity contribution in [3.63, 3.8) is 0 Å². The lowest BCUT2D eigenvalue weighted by Gasteiger charge is -2.33. The lowest BCUT2D eigenvalue weighted by molar-refractivity contribution is -0.132. The molecule has 3 rings (SSSR count). The predicted octanol–water partition coefficient (Wildman–Crippen LogP) is 1.83. The van der Waals surface area contributed by atoms with E-state index in [-0.39, 0.29) is 35.2 Å². The van der Waals surface area contributed by atoms with E-state index in [1.807, 2.05) is 20.8 Å². The van der Waals surface area contributed by atoms with Crippen molar-refractivity contribution >= 4 is 27.5 Å². The molecule has 25 heavy (non-hydrogen) atoms. The van der Waals surface area contributed by atoms with E-state index in [0.29, 0.717) is 12.5 Å². The molecule has 1 aromatic rings. The van der Waals surface area contributed by atoms with Crippen LogP contribution in [-0.2, 0) is 14.6 Å². The molecule has 1 saturated carbocycles. The Morgan fingerprint density at radius 3 is 2.64 bits per heavy atom. The molecule has 0 radical (unpaired) electrons. The molecule has 0 N–H and O–H groups in total. The second-order valence-corrected chi connectivity index (χ2v) is 10.2. The van der Waals surface area contributed by atoms with Crippen molar-refractivity contribution in [2.24, 2.45) is 0 Å². The van der Waals surface area contributed by atoms with E-state index in [2.05, 4.69) is 14.8 Å². The van der Waals surface area contributed by atoms with E-state index in [1.54, 1.807) is 4.90 Å². The number of hydrogen-bond acceptors (Lipinski definition) is 6. The topological polar surface area (TPSA) is 85.2 Å². The van der Waals surface area contributed by atoms with Crippen LogP contribution in [0.4, 0.5) is 0 Å². The summed E-state index contributed by atoms with van der Waals surface area (Å²) in [6, 6.07) is 0.309. The number of hydrogen-bond donors (Lipinski definition) is 0. The van der Waals surface area contributed by atoms with E-state index in [0.717, 1.165) is 30.2 Å². The van der Waals surface area contributed by atoms with Crippen LogP contribution < -0.4 is 0 Å². The summed E-state index contributed by atoms with van der Waals surface area (Å²) >= 11 is 1.41. The van der Waals surface area contributed by atoms with Crippen molar-refractivity contribution in [1.82, 2.24) is 19.7 Å². The summed E-state index contributed by atoms with van der Waals surface area (Å²) in [5.41, 5.74) is 0. The van der Waals surface area contributed by atoms with Gasteiger partial charge in [0.25, 0.3) is 0 Å². The van der Waals surface area contributed by atoms with E-state index in [1.165, 1.54) is 11.8 Å². The molecular weight excluding hydrogens is 360 g/mol. The lowest BCUT2D eigenvalue weighted by atomic mass is 10.1. The third-order valence-electron chi connectivity index (χ3n) is 5.03. The highest BCUT2D eigenvalue weighted by Gasteiger charge is 2.36. The molecule has 0 spiro atoms. The Balaban J connectivity index is 1.68. The average molecular weight is 387 g/mol. The molecule has 140 valence electrons. The van der Waals surface area contributed by atoms with Gasteiger partial charge < -0.3 is 9.47 Å². The van der Waals surface area contributed by atoms with Crippen molar-refractivity contribution < 1.29 is 13.2 Å². The quantitative estimate of drug-likeness (QED) is 0.665. The number of nitrogens with zero attached hydrogens (tertiary/aromatic N) is 4. The van der Waals surface area contributed by atoms with Crippen molar-refractivity contribution in [3.05, 3.63) is 5.82 Å². The van der Waals surface area contributed by atoms with Crippen molar-refractivity contribution in [2.75, 3.05) is 17.3 Å². The number of carbonyl (C=O) groups is 1. The Hall–Kier alpha value is -1.09. The molecule has 0 bridgehead atoms. The molecule has 1 aliphatic heterocycles. The molecular formula is C16H26N4O3S2. The van der Waals surface area contributed by atoms with Gasteiger partial charge in [0.15, 0.2) is 15.0 Å². The van der Waals surface area contributed by atoms with Gasteiger partial charge >= 0.3 is 0 Å². The number of thioether (sulfide) groups is 1. The first kappa shape index (κ1) is 18.7. The zero-order valence-electron chi connectivity index (χ0n) is 15.0. The standard InChI is InChI=1S/C16H26N4O3S2/c1-4-11(2)19(14-7-8-25(22,23)10-14)15(21)9-24-16-18-17-12(3)20(16)13-5-6-13/h11,13-14H,4-10H2,1-3H3/t11-,14+/m1/s1. The van der Waals surface area contributed by atoms with Crippen molar-refractivity contribution in [1.29, 1.82) is 0 Å². The van der Waals surface area contributed by atoms with Gasteiger partial charge in [0.2, 0.25) is 5.91 Å². The van der Waals surface area contributed by atoms with Crippen LogP contribution in [0, 0.1) is 6.92 Å². The van der Waals surface area contributed by atoms with Crippen LogP contribution >= 0.6 is 11.8 Å². The van der Waals surface area contributed by atoms with Crippen LogP contribution in [0.25, 0.3) is 0 Å². The minimum atomic E-state index is -3.02. The van der Waals surface area contributed by atoms with Gasteiger partial charge in [0.05, 0.1) is 17.3 Å². The number of amides is 1. The molecule has 2 atom stereocenters. The zero-order valence-corrected chi connectivity index (χ0v) is 16.6. The maximum Gasteiger partial charge on any atom is 0.233 e. The van der Waals surface area contributed by atoms with E-state index >= 15 is 0 Å². The number of aromatic nitrogens is 3. The fraction of sp³-hybridized carbons (Fsp3) is 0.812. The van der Waals surface area contributed by atoms with Gasteiger partial charge in [0.1, 0.15) is 5.82 Å². The minimum absolute atomic E-state index is 0.00977. The van der Waals surface area contributed by atoms with Crippen molar-refractivity contribution in [2.45, 2.75) is 69.7 Å². The maximum atomic E-state index is 12.9. The Kier molecular flexibility index (Phi) is 5.43. The van der Waals surface area contributed by atoms with E-state index < -0.39 is 9.84 Å². The second kappa shape index (κ2) is 7.26. The minimum Gasteiger partial charge on any atom is -0.335 e. The molecule has 1 saturated heterocycles. The summed E-state index contributed by atoms with van der Waals surface area (Å²) in [5, 5.41) is 9.13. The molecule has 9 heteroatoms. The summed E-state index contributed by atoms with van der Waals surface area (Å²) in [6.45, 7) is 5.95. The highest BCUT2D eigenvalue weighted by atomic mass is 32.2. The molecule has 0 unspecified atom stereocenters. The summed E-state index contributed by atoms with van der Waals surface area (Å²) in [6.07, 6.45) is 3.63. The molecule has 2 aliphatic rings. The highest BCUT2D eigenvalue weighted by Crippen LogP contribution is 2.38. The first-order chi connectivity index (χ1) is 11.8. The van der Waals surface area contributed by atoms with Crippen LogP contribution in [0.3, 0.4) is 0 Å². The fourth-order valence-electron chi connectivity index (χ4n) is 3.40. The zero-order chi connectivity index (χ0) is 18.2. The molecule has 1 aromatic heterocycles. The number of carbonyl (C=O) groups excluding carboxylic acids is 1. The first-order valence-electron chi connectivity index (χ1n) is 8.88.